The molecule has 0 bridgehead atoms. The molecular weight excluding hydrogens is 300 g/mol. The van der Waals surface area contributed by atoms with E-state index in [2.05, 4.69) is 10.6 Å². The first-order chi connectivity index (χ1) is 10.5. The summed E-state index contributed by atoms with van der Waals surface area (Å²) in [5, 5.41) is 6.17. The molecule has 0 atom stereocenters. The summed E-state index contributed by atoms with van der Waals surface area (Å²) in [4.78, 5) is 11.8. The highest BCUT2D eigenvalue weighted by Gasteiger charge is 2.04. The van der Waals surface area contributed by atoms with Crippen LogP contribution < -0.4 is 15.4 Å². The SMILES string of the molecule is Cc1ccc(OCCNC(=O)Nc2ccc(Cl)cc2C)cc1. The van der Waals surface area contributed by atoms with Gasteiger partial charge in [-0.1, -0.05) is 29.3 Å². The Kier molecular flexibility index (Phi) is 5.67. The molecule has 4 nitrogen and oxygen atoms in total. The van der Waals surface area contributed by atoms with E-state index in [0.717, 1.165) is 17.0 Å². The van der Waals surface area contributed by atoms with Gasteiger partial charge < -0.3 is 15.4 Å². The van der Waals surface area contributed by atoms with Gasteiger partial charge in [0.25, 0.3) is 0 Å². The van der Waals surface area contributed by atoms with E-state index in [0.29, 0.717) is 18.2 Å². The molecule has 2 aromatic carbocycles. The Labute approximate surface area is 135 Å². The summed E-state index contributed by atoms with van der Waals surface area (Å²) in [6.07, 6.45) is 0. The van der Waals surface area contributed by atoms with E-state index in [9.17, 15) is 4.79 Å². The van der Waals surface area contributed by atoms with Crippen molar-refractivity contribution in [2.45, 2.75) is 13.8 Å². The minimum Gasteiger partial charge on any atom is -0.492 e. The molecule has 0 aliphatic carbocycles. The van der Waals surface area contributed by atoms with Crippen molar-refractivity contribution in [2.24, 2.45) is 0 Å². The van der Waals surface area contributed by atoms with Gasteiger partial charge in [-0.2, -0.15) is 0 Å². The number of hydrogen-bond donors (Lipinski definition) is 2. The molecule has 0 aromatic heterocycles. The fourth-order valence-corrected chi connectivity index (χ4v) is 2.13. The average molecular weight is 319 g/mol. The van der Waals surface area contributed by atoms with Crippen LogP contribution in [0.4, 0.5) is 10.5 Å². The highest BCUT2D eigenvalue weighted by Crippen LogP contribution is 2.19. The largest absolute Gasteiger partial charge is 0.492 e. The van der Waals surface area contributed by atoms with Crippen molar-refractivity contribution in [3.63, 3.8) is 0 Å². The molecule has 0 spiro atoms. The zero-order chi connectivity index (χ0) is 15.9. The van der Waals surface area contributed by atoms with E-state index in [1.807, 2.05) is 38.1 Å². The molecule has 2 N–H and O–H groups in total. The standard InChI is InChI=1S/C17H19ClN2O2/c1-12-3-6-15(7-4-12)22-10-9-19-17(21)20-16-8-5-14(18)11-13(16)2/h3-8,11H,9-10H2,1-2H3,(H2,19,20,21). The first-order valence-corrected chi connectivity index (χ1v) is 7.43. The number of hydrogen-bond acceptors (Lipinski definition) is 2. The molecule has 0 heterocycles. The minimum absolute atomic E-state index is 0.266. The first-order valence-electron chi connectivity index (χ1n) is 7.05. The third-order valence-electron chi connectivity index (χ3n) is 3.11. The number of ether oxygens (including phenoxy) is 1. The Balaban J connectivity index is 1.72. The molecule has 0 radical (unpaired) electrons. The molecule has 116 valence electrons. The van der Waals surface area contributed by atoms with Crippen molar-refractivity contribution in [3.05, 3.63) is 58.6 Å². The lowest BCUT2D eigenvalue weighted by molar-refractivity contribution is 0.247. The quantitative estimate of drug-likeness (QED) is 0.813. The van der Waals surface area contributed by atoms with E-state index in [1.165, 1.54) is 5.56 Å². The monoisotopic (exact) mass is 318 g/mol. The molecule has 2 aromatic rings. The maximum absolute atomic E-state index is 11.8. The molecule has 2 amide bonds. The number of rotatable bonds is 5. The molecule has 0 unspecified atom stereocenters. The van der Waals surface area contributed by atoms with Gasteiger partial charge in [-0.15, -0.1) is 0 Å². The predicted octanol–water partition coefficient (Wildman–Crippen LogP) is 4.16. The summed E-state index contributed by atoms with van der Waals surface area (Å²) in [5.41, 5.74) is 2.84. The molecule has 22 heavy (non-hydrogen) atoms. The maximum atomic E-state index is 11.8. The van der Waals surface area contributed by atoms with E-state index in [1.54, 1.807) is 18.2 Å². The van der Waals surface area contributed by atoms with Gasteiger partial charge in [0.2, 0.25) is 0 Å². The second kappa shape index (κ2) is 7.71. The molecule has 0 saturated heterocycles. The highest BCUT2D eigenvalue weighted by molar-refractivity contribution is 6.30. The first kappa shape index (κ1) is 16.2. The van der Waals surface area contributed by atoms with Crippen LogP contribution in [0, 0.1) is 13.8 Å². The Morgan fingerprint density at radius 2 is 1.86 bits per heavy atom. The van der Waals surface area contributed by atoms with Crippen LogP contribution in [0.5, 0.6) is 5.75 Å². The van der Waals surface area contributed by atoms with Crippen LogP contribution >= 0.6 is 11.6 Å². The predicted molar refractivity (Wildman–Crippen MR) is 89.9 cm³/mol. The van der Waals surface area contributed by atoms with Gasteiger partial charge in [0.1, 0.15) is 12.4 Å². The van der Waals surface area contributed by atoms with E-state index < -0.39 is 0 Å². The average Bonchev–Trinajstić information content (AvgIpc) is 2.48. The Morgan fingerprint density at radius 3 is 2.55 bits per heavy atom. The summed E-state index contributed by atoms with van der Waals surface area (Å²) in [5.74, 6) is 0.793. The number of carbonyl (C=O) groups excluding carboxylic acids is 1. The second-order valence-corrected chi connectivity index (χ2v) is 5.44. The lowest BCUT2D eigenvalue weighted by Gasteiger charge is -2.11. The van der Waals surface area contributed by atoms with Gasteiger partial charge >= 0.3 is 6.03 Å². The number of urea groups is 1. The highest BCUT2D eigenvalue weighted by atomic mass is 35.5. The summed E-state index contributed by atoms with van der Waals surface area (Å²) >= 11 is 5.88. The number of carbonyl (C=O) groups is 1. The smallest absolute Gasteiger partial charge is 0.319 e. The van der Waals surface area contributed by atoms with Crippen LogP contribution in [-0.2, 0) is 0 Å². The van der Waals surface area contributed by atoms with Crippen LogP contribution in [0.15, 0.2) is 42.5 Å². The van der Waals surface area contributed by atoms with Crippen molar-refractivity contribution in [1.82, 2.24) is 5.32 Å². The number of nitrogens with one attached hydrogen (secondary N) is 2. The minimum atomic E-state index is -0.266. The van der Waals surface area contributed by atoms with Gasteiger partial charge in [-0.25, -0.2) is 4.79 Å². The molecule has 0 aliphatic heterocycles. The zero-order valence-corrected chi connectivity index (χ0v) is 13.4. The summed E-state index contributed by atoms with van der Waals surface area (Å²) < 4.78 is 5.54. The van der Waals surface area contributed by atoms with Crippen LogP contribution in [-0.4, -0.2) is 19.2 Å². The molecule has 0 aliphatic rings. The van der Waals surface area contributed by atoms with Gasteiger partial charge in [0.15, 0.2) is 0 Å². The van der Waals surface area contributed by atoms with Gasteiger partial charge in [-0.05, 0) is 49.7 Å². The van der Waals surface area contributed by atoms with Crippen LogP contribution in [0.1, 0.15) is 11.1 Å². The van der Waals surface area contributed by atoms with Crippen molar-refractivity contribution in [1.29, 1.82) is 0 Å². The van der Waals surface area contributed by atoms with E-state index >= 15 is 0 Å². The van der Waals surface area contributed by atoms with Crippen LogP contribution in [0.3, 0.4) is 0 Å². The molecular formula is C17H19ClN2O2. The fourth-order valence-electron chi connectivity index (χ4n) is 1.90. The molecule has 0 saturated carbocycles. The van der Waals surface area contributed by atoms with Gasteiger partial charge in [0, 0.05) is 10.7 Å². The summed E-state index contributed by atoms with van der Waals surface area (Å²) in [7, 11) is 0. The number of amides is 2. The third-order valence-corrected chi connectivity index (χ3v) is 3.35. The number of anilines is 1. The number of halogens is 1. The van der Waals surface area contributed by atoms with Gasteiger partial charge in [-0.3, -0.25) is 0 Å². The second-order valence-electron chi connectivity index (χ2n) is 5.00. The Hall–Kier alpha value is -2.20. The topological polar surface area (TPSA) is 50.4 Å². The third kappa shape index (κ3) is 4.97. The van der Waals surface area contributed by atoms with Crippen molar-refractivity contribution < 1.29 is 9.53 Å². The van der Waals surface area contributed by atoms with Gasteiger partial charge in [0.05, 0.1) is 6.54 Å². The lowest BCUT2D eigenvalue weighted by Crippen LogP contribution is -2.32. The zero-order valence-electron chi connectivity index (χ0n) is 12.7. The van der Waals surface area contributed by atoms with Crippen molar-refractivity contribution >= 4 is 23.3 Å². The lowest BCUT2D eigenvalue weighted by atomic mass is 10.2. The van der Waals surface area contributed by atoms with Crippen molar-refractivity contribution in [3.8, 4) is 5.75 Å². The van der Waals surface area contributed by atoms with Crippen molar-refractivity contribution in [2.75, 3.05) is 18.5 Å². The van der Waals surface area contributed by atoms with Crippen LogP contribution in [0.25, 0.3) is 0 Å². The fraction of sp³-hybridized carbons (Fsp3) is 0.235. The van der Waals surface area contributed by atoms with E-state index in [-0.39, 0.29) is 6.03 Å². The molecule has 0 fully saturated rings. The number of benzene rings is 2. The Morgan fingerprint density at radius 1 is 1.14 bits per heavy atom. The normalized spacial score (nSPS) is 10.1. The summed E-state index contributed by atoms with van der Waals surface area (Å²) in [6, 6.07) is 12.8. The van der Waals surface area contributed by atoms with Crippen LogP contribution in [0.2, 0.25) is 5.02 Å². The van der Waals surface area contributed by atoms with E-state index in [4.69, 9.17) is 16.3 Å². The maximum Gasteiger partial charge on any atom is 0.319 e. The summed E-state index contributed by atoms with van der Waals surface area (Å²) in [6.45, 7) is 4.75. The molecule has 2 rings (SSSR count). The Bertz CT molecular complexity index is 642. The molecule has 5 heteroatoms. The number of aryl methyl sites for hydroxylation is 2.